The van der Waals surface area contributed by atoms with Crippen molar-refractivity contribution in [2.75, 3.05) is 13.1 Å². The summed E-state index contributed by atoms with van der Waals surface area (Å²) in [6.07, 6.45) is -0.137. The standard InChI is InChI=1S/C18H21F2N3O2/c1-9-7-12(9)18(24)23-5-3-11(4-6-23)14-8-13(16(19)20)15-10(2)22-25-17(15)21-14/h8-9,11-12,16H,3-7H2,1-2H3/t9-,12+/m0/s1. The predicted octanol–water partition coefficient (Wildman–Crippen LogP) is 3.83. The number of pyridine rings is 1. The average molecular weight is 349 g/mol. The Kier molecular flexibility index (Phi) is 3.96. The number of aryl methyl sites for hydroxylation is 1. The Morgan fingerprint density at radius 3 is 2.64 bits per heavy atom. The Balaban J connectivity index is 1.54. The van der Waals surface area contributed by atoms with Gasteiger partial charge in [-0.05, 0) is 38.2 Å². The van der Waals surface area contributed by atoms with Gasteiger partial charge in [-0.3, -0.25) is 4.79 Å². The summed E-state index contributed by atoms with van der Waals surface area (Å²) in [4.78, 5) is 18.7. The number of piperidine rings is 1. The average Bonchev–Trinajstić information content (AvgIpc) is 3.23. The number of hydrogen-bond acceptors (Lipinski definition) is 4. The molecule has 25 heavy (non-hydrogen) atoms. The van der Waals surface area contributed by atoms with Crippen molar-refractivity contribution in [2.45, 2.75) is 45.5 Å². The van der Waals surface area contributed by atoms with E-state index in [0.717, 1.165) is 19.3 Å². The molecule has 4 rings (SSSR count). The van der Waals surface area contributed by atoms with Crippen LogP contribution in [0.1, 0.15) is 55.5 Å². The number of hydrogen-bond donors (Lipinski definition) is 0. The molecule has 0 N–H and O–H groups in total. The molecule has 134 valence electrons. The number of rotatable bonds is 3. The zero-order chi connectivity index (χ0) is 17.7. The van der Waals surface area contributed by atoms with Crippen LogP contribution in [-0.2, 0) is 4.79 Å². The van der Waals surface area contributed by atoms with Gasteiger partial charge in [0.15, 0.2) is 0 Å². The molecule has 2 aliphatic rings. The smallest absolute Gasteiger partial charge is 0.264 e. The number of carbonyl (C=O) groups is 1. The van der Waals surface area contributed by atoms with E-state index in [4.69, 9.17) is 4.52 Å². The van der Waals surface area contributed by atoms with E-state index in [9.17, 15) is 13.6 Å². The van der Waals surface area contributed by atoms with Crippen LogP contribution in [0.15, 0.2) is 10.6 Å². The first-order chi connectivity index (χ1) is 12.0. The first kappa shape index (κ1) is 16.4. The Hall–Kier alpha value is -2.05. The van der Waals surface area contributed by atoms with E-state index in [1.807, 2.05) is 4.90 Å². The first-order valence-corrected chi connectivity index (χ1v) is 8.79. The molecular weight excluding hydrogens is 328 g/mol. The van der Waals surface area contributed by atoms with Crippen molar-refractivity contribution in [3.63, 3.8) is 0 Å². The van der Waals surface area contributed by atoms with Gasteiger partial charge in [0.1, 0.15) is 0 Å². The number of likely N-dealkylation sites (tertiary alicyclic amines) is 1. The molecule has 1 saturated heterocycles. The lowest BCUT2D eigenvalue weighted by atomic mass is 9.91. The van der Waals surface area contributed by atoms with Crippen LogP contribution in [-0.4, -0.2) is 34.0 Å². The summed E-state index contributed by atoms with van der Waals surface area (Å²) in [6.45, 7) is 5.06. The summed E-state index contributed by atoms with van der Waals surface area (Å²) in [5.74, 6) is 0.993. The summed E-state index contributed by atoms with van der Waals surface area (Å²) in [7, 11) is 0. The second-order valence-corrected chi connectivity index (χ2v) is 7.30. The lowest BCUT2D eigenvalue weighted by Crippen LogP contribution is -2.39. The van der Waals surface area contributed by atoms with Crippen LogP contribution in [0.3, 0.4) is 0 Å². The molecule has 1 saturated carbocycles. The van der Waals surface area contributed by atoms with Gasteiger partial charge in [0, 0.05) is 36.2 Å². The van der Waals surface area contributed by atoms with E-state index in [-0.39, 0.29) is 29.0 Å². The minimum absolute atomic E-state index is 0.0629. The van der Waals surface area contributed by atoms with E-state index in [1.54, 1.807) is 6.92 Å². The van der Waals surface area contributed by atoms with Crippen LogP contribution < -0.4 is 0 Å². The molecule has 0 radical (unpaired) electrons. The third-order valence-electron chi connectivity index (χ3n) is 5.55. The number of fused-ring (bicyclic) bond motifs is 1. The predicted molar refractivity (Wildman–Crippen MR) is 87.3 cm³/mol. The highest BCUT2D eigenvalue weighted by Crippen LogP contribution is 2.40. The van der Waals surface area contributed by atoms with Gasteiger partial charge in [-0.2, -0.15) is 0 Å². The van der Waals surface area contributed by atoms with Crippen LogP contribution >= 0.6 is 0 Å². The minimum Gasteiger partial charge on any atom is -0.342 e. The van der Waals surface area contributed by atoms with Gasteiger partial charge in [-0.15, -0.1) is 0 Å². The minimum atomic E-state index is -2.60. The van der Waals surface area contributed by atoms with Crippen molar-refractivity contribution < 1.29 is 18.1 Å². The maximum Gasteiger partial charge on any atom is 0.264 e. The molecule has 0 spiro atoms. The molecule has 0 bridgehead atoms. The molecule has 2 aromatic heterocycles. The Bertz CT molecular complexity index is 812. The maximum absolute atomic E-state index is 13.5. The topological polar surface area (TPSA) is 59.2 Å². The van der Waals surface area contributed by atoms with Crippen molar-refractivity contribution in [2.24, 2.45) is 11.8 Å². The lowest BCUT2D eigenvalue weighted by molar-refractivity contribution is -0.133. The van der Waals surface area contributed by atoms with Gasteiger partial charge in [-0.25, -0.2) is 13.8 Å². The van der Waals surface area contributed by atoms with Gasteiger partial charge in [0.05, 0.1) is 11.1 Å². The summed E-state index contributed by atoms with van der Waals surface area (Å²) < 4.78 is 32.0. The zero-order valence-electron chi connectivity index (χ0n) is 14.3. The van der Waals surface area contributed by atoms with Crippen molar-refractivity contribution in [1.29, 1.82) is 0 Å². The number of carbonyl (C=O) groups excluding carboxylic acids is 1. The van der Waals surface area contributed by atoms with Gasteiger partial charge in [0.2, 0.25) is 5.91 Å². The number of aromatic nitrogens is 2. The summed E-state index contributed by atoms with van der Waals surface area (Å²) >= 11 is 0. The molecule has 2 fully saturated rings. The molecule has 1 amide bonds. The second-order valence-electron chi connectivity index (χ2n) is 7.30. The molecule has 1 aliphatic carbocycles. The fourth-order valence-electron chi connectivity index (χ4n) is 3.83. The lowest BCUT2D eigenvalue weighted by Gasteiger charge is -2.32. The van der Waals surface area contributed by atoms with Gasteiger partial charge in [-0.1, -0.05) is 12.1 Å². The van der Waals surface area contributed by atoms with Gasteiger partial charge in [0.25, 0.3) is 12.1 Å². The van der Waals surface area contributed by atoms with Crippen LogP contribution in [0.4, 0.5) is 8.78 Å². The number of halogens is 2. The summed E-state index contributed by atoms with van der Waals surface area (Å²) in [6, 6.07) is 1.49. The Labute approximate surface area is 144 Å². The molecule has 7 heteroatoms. The monoisotopic (exact) mass is 349 g/mol. The fraction of sp³-hybridized carbons (Fsp3) is 0.611. The van der Waals surface area contributed by atoms with E-state index >= 15 is 0 Å². The molecule has 5 nitrogen and oxygen atoms in total. The van der Waals surface area contributed by atoms with Crippen molar-refractivity contribution >= 4 is 17.0 Å². The van der Waals surface area contributed by atoms with Crippen molar-refractivity contribution in [3.05, 3.63) is 23.0 Å². The highest BCUT2D eigenvalue weighted by atomic mass is 19.3. The fourth-order valence-corrected chi connectivity index (χ4v) is 3.83. The van der Waals surface area contributed by atoms with Crippen molar-refractivity contribution in [3.8, 4) is 0 Å². The summed E-state index contributed by atoms with van der Waals surface area (Å²) in [5.41, 5.74) is 1.16. The second kappa shape index (κ2) is 6.04. The van der Waals surface area contributed by atoms with Gasteiger partial charge < -0.3 is 9.42 Å². The van der Waals surface area contributed by atoms with E-state index in [0.29, 0.717) is 35.8 Å². The van der Waals surface area contributed by atoms with E-state index < -0.39 is 6.43 Å². The normalized spacial score (nSPS) is 24.3. The number of nitrogens with zero attached hydrogens (tertiary/aromatic N) is 3. The van der Waals surface area contributed by atoms with E-state index in [2.05, 4.69) is 17.1 Å². The Morgan fingerprint density at radius 2 is 2.04 bits per heavy atom. The van der Waals surface area contributed by atoms with Crippen LogP contribution in [0.25, 0.3) is 11.1 Å². The largest absolute Gasteiger partial charge is 0.342 e. The number of alkyl halides is 2. The highest BCUT2D eigenvalue weighted by molar-refractivity contribution is 5.82. The van der Waals surface area contributed by atoms with Crippen LogP contribution in [0, 0.1) is 18.8 Å². The molecule has 2 atom stereocenters. The molecular formula is C18H21F2N3O2. The third kappa shape index (κ3) is 2.89. The van der Waals surface area contributed by atoms with Crippen LogP contribution in [0.5, 0.6) is 0 Å². The summed E-state index contributed by atoms with van der Waals surface area (Å²) in [5, 5.41) is 4.08. The first-order valence-electron chi connectivity index (χ1n) is 8.79. The number of amides is 1. The van der Waals surface area contributed by atoms with Crippen LogP contribution in [0.2, 0.25) is 0 Å². The quantitative estimate of drug-likeness (QED) is 0.845. The molecule has 1 aliphatic heterocycles. The zero-order valence-corrected chi connectivity index (χ0v) is 14.3. The third-order valence-corrected chi connectivity index (χ3v) is 5.55. The van der Waals surface area contributed by atoms with E-state index in [1.165, 1.54) is 6.07 Å². The molecule has 2 aromatic rings. The maximum atomic E-state index is 13.5. The molecule has 3 heterocycles. The highest BCUT2D eigenvalue weighted by Gasteiger charge is 2.42. The Morgan fingerprint density at radius 1 is 1.36 bits per heavy atom. The van der Waals surface area contributed by atoms with Crippen molar-refractivity contribution in [1.82, 2.24) is 15.0 Å². The molecule has 0 unspecified atom stereocenters. The van der Waals surface area contributed by atoms with Gasteiger partial charge >= 0.3 is 0 Å². The SMILES string of the molecule is Cc1noc2nc(C3CCN(C(=O)[C@@H]4C[C@@H]4C)CC3)cc(C(F)F)c12. The molecule has 0 aromatic carbocycles.